The van der Waals surface area contributed by atoms with Gasteiger partial charge in [-0.2, -0.15) is 0 Å². The molecule has 1 saturated heterocycles. The van der Waals surface area contributed by atoms with Gasteiger partial charge in [0.05, 0.1) is 0 Å². The molecule has 0 bridgehead atoms. The van der Waals surface area contributed by atoms with Gasteiger partial charge in [-0.25, -0.2) is 4.98 Å². The molecule has 3 rings (SSSR count). The van der Waals surface area contributed by atoms with Crippen molar-refractivity contribution in [2.45, 2.75) is 19.5 Å². The maximum Gasteiger partial charge on any atom is 0.133 e. The zero-order valence-corrected chi connectivity index (χ0v) is 13.6. The van der Waals surface area contributed by atoms with Crippen molar-refractivity contribution in [3.63, 3.8) is 0 Å². The highest BCUT2D eigenvalue weighted by atomic mass is 35.5. The Balaban J connectivity index is 1.55. The van der Waals surface area contributed by atoms with Gasteiger partial charge in [0.1, 0.15) is 5.15 Å². The molecule has 0 aliphatic carbocycles. The second-order valence-electron chi connectivity index (χ2n) is 5.73. The van der Waals surface area contributed by atoms with Gasteiger partial charge in [-0.15, -0.1) is 0 Å². The molecule has 0 unspecified atom stereocenters. The minimum absolute atomic E-state index is 0.415. The molecule has 1 aliphatic rings. The Bertz CT molecular complexity index is 597. The van der Waals surface area contributed by atoms with Crippen molar-refractivity contribution in [2.75, 3.05) is 26.2 Å². The van der Waals surface area contributed by atoms with E-state index in [2.05, 4.69) is 38.8 Å². The molecule has 1 aliphatic heterocycles. The highest BCUT2D eigenvalue weighted by molar-refractivity contribution is 6.30. The van der Waals surface area contributed by atoms with Crippen molar-refractivity contribution in [1.82, 2.24) is 19.8 Å². The van der Waals surface area contributed by atoms with E-state index in [1.165, 1.54) is 5.56 Å². The molecule has 1 fully saturated rings. The number of aromatic nitrogens is 2. The van der Waals surface area contributed by atoms with E-state index in [-0.39, 0.29) is 0 Å². The fraction of sp³-hybridized carbons (Fsp3) is 0.412. The Labute approximate surface area is 136 Å². The van der Waals surface area contributed by atoms with Crippen LogP contribution in [-0.2, 0) is 6.54 Å². The van der Waals surface area contributed by atoms with E-state index in [1.807, 2.05) is 24.5 Å². The Hall–Kier alpha value is -1.49. The summed E-state index contributed by atoms with van der Waals surface area (Å²) in [5.41, 5.74) is 2.39. The Kier molecular flexibility index (Phi) is 5.03. The van der Waals surface area contributed by atoms with Gasteiger partial charge in [0.2, 0.25) is 0 Å². The fourth-order valence-corrected chi connectivity index (χ4v) is 3.10. The molecule has 0 radical (unpaired) electrons. The summed E-state index contributed by atoms with van der Waals surface area (Å²) in [6.45, 7) is 7.36. The third kappa shape index (κ3) is 3.64. The van der Waals surface area contributed by atoms with Crippen LogP contribution in [0.1, 0.15) is 24.1 Å². The van der Waals surface area contributed by atoms with Crippen LogP contribution in [0.5, 0.6) is 0 Å². The zero-order valence-electron chi connectivity index (χ0n) is 12.8. The van der Waals surface area contributed by atoms with Gasteiger partial charge in [0.15, 0.2) is 0 Å². The molecule has 116 valence electrons. The number of hydrogen-bond acceptors (Lipinski definition) is 4. The van der Waals surface area contributed by atoms with E-state index in [0.29, 0.717) is 11.2 Å². The van der Waals surface area contributed by atoms with E-state index in [9.17, 15) is 0 Å². The summed E-state index contributed by atoms with van der Waals surface area (Å²) in [6.07, 6.45) is 5.53. The van der Waals surface area contributed by atoms with Gasteiger partial charge in [0, 0.05) is 62.9 Å². The van der Waals surface area contributed by atoms with Crippen molar-refractivity contribution in [3.05, 3.63) is 59.1 Å². The standard InChI is InChI=1S/C17H21ClN4/c1-14(15-4-2-6-19-12-15)22-10-8-21(9-11-22)13-16-5-3-7-20-17(16)18/h2-7,12,14H,8-11,13H2,1H3/t14-/m0/s1. The molecule has 0 saturated carbocycles. The summed E-state index contributed by atoms with van der Waals surface area (Å²) >= 11 is 6.15. The largest absolute Gasteiger partial charge is 0.296 e. The third-order valence-corrected chi connectivity index (χ3v) is 4.69. The van der Waals surface area contributed by atoms with E-state index >= 15 is 0 Å². The van der Waals surface area contributed by atoms with Crippen LogP contribution in [0.15, 0.2) is 42.9 Å². The lowest BCUT2D eigenvalue weighted by atomic mass is 10.1. The van der Waals surface area contributed by atoms with Crippen LogP contribution in [0.25, 0.3) is 0 Å². The maximum atomic E-state index is 6.15. The van der Waals surface area contributed by atoms with Gasteiger partial charge in [0.25, 0.3) is 0 Å². The molecule has 22 heavy (non-hydrogen) atoms. The van der Waals surface area contributed by atoms with Crippen LogP contribution in [0.2, 0.25) is 5.15 Å². The van der Waals surface area contributed by atoms with Crippen molar-refractivity contribution < 1.29 is 0 Å². The van der Waals surface area contributed by atoms with Gasteiger partial charge in [-0.1, -0.05) is 23.7 Å². The van der Waals surface area contributed by atoms with Crippen LogP contribution in [0.4, 0.5) is 0 Å². The first-order valence-corrected chi connectivity index (χ1v) is 8.07. The van der Waals surface area contributed by atoms with Crippen LogP contribution in [0, 0.1) is 0 Å². The molecule has 0 spiro atoms. The minimum atomic E-state index is 0.415. The third-order valence-electron chi connectivity index (χ3n) is 4.35. The molecule has 4 nitrogen and oxygen atoms in total. The number of pyridine rings is 2. The molecule has 2 aromatic rings. The first-order chi connectivity index (χ1) is 10.7. The maximum absolute atomic E-state index is 6.15. The average Bonchev–Trinajstić information content (AvgIpc) is 2.58. The SMILES string of the molecule is C[C@@H](c1cccnc1)N1CCN(Cc2cccnc2Cl)CC1. The predicted molar refractivity (Wildman–Crippen MR) is 88.7 cm³/mol. The second-order valence-corrected chi connectivity index (χ2v) is 6.09. The predicted octanol–water partition coefficient (Wildman–Crippen LogP) is 3.01. The molecule has 3 heterocycles. The average molecular weight is 317 g/mol. The van der Waals surface area contributed by atoms with Crippen LogP contribution >= 0.6 is 11.6 Å². The molecular formula is C17H21ClN4. The smallest absolute Gasteiger partial charge is 0.133 e. The van der Waals surface area contributed by atoms with Crippen LogP contribution in [-0.4, -0.2) is 45.9 Å². The number of halogens is 1. The molecule has 0 aromatic carbocycles. The summed E-state index contributed by atoms with van der Waals surface area (Å²) in [7, 11) is 0. The monoisotopic (exact) mass is 316 g/mol. The second kappa shape index (κ2) is 7.18. The lowest BCUT2D eigenvalue weighted by Crippen LogP contribution is -2.46. The number of rotatable bonds is 4. The van der Waals surface area contributed by atoms with Gasteiger partial charge < -0.3 is 0 Å². The summed E-state index contributed by atoms with van der Waals surface area (Å²) < 4.78 is 0. The first-order valence-electron chi connectivity index (χ1n) is 7.70. The molecule has 0 N–H and O–H groups in total. The quantitative estimate of drug-likeness (QED) is 0.812. The lowest BCUT2D eigenvalue weighted by molar-refractivity contribution is 0.0977. The van der Waals surface area contributed by atoms with Crippen LogP contribution < -0.4 is 0 Å². The summed E-state index contributed by atoms with van der Waals surface area (Å²) in [4.78, 5) is 13.3. The van der Waals surface area contributed by atoms with E-state index < -0.39 is 0 Å². The number of nitrogens with zero attached hydrogens (tertiary/aromatic N) is 4. The Morgan fingerprint density at radius 2 is 1.91 bits per heavy atom. The van der Waals surface area contributed by atoms with E-state index in [1.54, 1.807) is 6.20 Å². The van der Waals surface area contributed by atoms with Crippen LogP contribution in [0.3, 0.4) is 0 Å². The van der Waals surface area contributed by atoms with Gasteiger partial charge in [-0.3, -0.25) is 14.8 Å². The first kappa shape index (κ1) is 15.4. The topological polar surface area (TPSA) is 32.3 Å². The molecule has 1 atom stereocenters. The fourth-order valence-electron chi connectivity index (χ4n) is 2.92. The number of piperazine rings is 1. The summed E-state index contributed by atoms with van der Waals surface area (Å²) in [6, 6.07) is 8.58. The lowest BCUT2D eigenvalue weighted by Gasteiger charge is -2.38. The number of hydrogen-bond donors (Lipinski definition) is 0. The molecule has 2 aromatic heterocycles. The Morgan fingerprint density at radius 3 is 2.59 bits per heavy atom. The molecule has 5 heteroatoms. The van der Waals surface area contributed by atoms with Crippen molar-refractivity contribution in [3.8, 4) is 0 Å². The van der Waals surface area contributed by atoms with E-state index in [0.717, 1.165) is 38.3 Å². The van der Waals surface area contributed by atoms with Crippen molar-refractivity contribution >= 4 is 11.6 Å². The van der Waals surface area contributed by atoms with Gasteiger partial charge in [-0.05, 0) is 24.6 Å². The zero-order chi connectivity index (χ0) is 15.4. The van der Waals surface area contributed by atoms with Crippen molar-refractivity contribution in [2.24, 2.45) is 0 Å². The molecule has 0 amide bonds. The van der Waals surface area contributed by atoms with Gasteiger partial charge >= 0.3 is 0 Å². The normalized spacial score (nSPS) is 18.3. The summed E-state index contributed by atoms with van der Waals surface area (Å²) in [5.74, 6) is 0. The highest BCUT2D eigenvalue weighted by Crippen LogP contribution is 2.22. The molecular weight excluding hydrogens is 296 g/mol. The summed E-state index contributed by atoms with van der Waals surface area (Å²) in [5, 5.41) is 0.619. The van der Waals surface area contributed by atoms with Crippen molar-refractivity contribution in [1.29, 1.82) is 0 Å². The Morgan fingerprint density at radius 1 is 1.14 bits per heavy atom. The van der Waals surface area contributed by atoms with E-state index in [4.69, 9.17) is 11.6 Å². The highest BCUT2D eigenvalue weighted by Gasteiger charge is 2.22. The minimum Gasteiger partial charge on any atom is -0.296 e.